The monoisotopic (exact) mass is 391 g/mol. The van der Waals surface area contributed by atoms with Gasteiger partial charge in [0.15, 0.2) is 15.8 Å². The van der Waals surface area contributed by atoms with Crippen LogP contribution in [0, 0.1) is 5.92 Å². The molecular formula is C16H23Cl2N3O2S. The van der Waals surface area contributed by atoms with Gasteiger partial charge in [-0.2, -0.15) is 0 Å². The molecule has 8 heteroatoms. The molecule has 1 fully saturated rings. The van der Waals surface area contributed by atoms with E-state index in [0.29, 0.717) is 29.0 Å². The number of guanidine groups is 1. The van der Waals surface area contributed by atoms with E-state index < -0.39 is 9.84 Å². The van der Waals surface area contributed by atoms with Crippen LogP contribution >= 0.6 is 23.2 Å². The normalized spacial score (nSPS) is 21.5. The highest BCUT2D eigenvalue weighted by molar-refractivity contribution is 7.91. The molecule has 2 atom stereocenters. The van der Waals surface area contributed by atoms with Crippen LogP contribution in [0.4, 0.5) is 0 Å². The predicted molar refractivity (Wildman–Crippen MR) is 101 cm³/mol. The van der Waals surface area contributed by atoms with Gasteiger partial charge < -0.3 is 10.6 Å². The van der Waals surface area contributed by atoms with Gasteiger partial charge in [0.2, 0.25) is 0 Å². The van der Waals surface area contributed by atoms with Gasteiger partial charge in [0.25, 0.3) is 0 Å². The van der Waals surface area contributed by atoms with Gasteiger partial charge in [0.1, 0.15) is 0 Å². The zero-order chi connectivity index (χ0) is 17.7. The van der Waals surface area contributed by atoms with Gasteiger partial charge in [0.05, 0.1) is 17.5 Å². The van der Waals surface area contributed by atoms with E-state index >= 15 is 0 Å². The fourth-order valence-corrected chi connectivity index (χ4v) is 5.11. The quantitative estimate of drug-likeness (QED) is 0.597. The van der Waals surface area contributed by atoms with E-state index in [-0.39, 0.29) is 23.5 Å². The molecule has 0 saturated carbocycles. The van der Waals surface area contributed by atoms with Crippen molar-refractivity contribution in [2.45, 2.75) is 26.3 Å². The third kappa shape index (κ3) is 5.53. The van der Waals surface area contributed by atoms with Crippen molar-refractivity contribution in [3.05, 3.63) is 33.8 Å². The Hall–Kier alpha value is -0.980. The first kappa shape index (κ1) is 19.3. The molecule has 24 heavy (non-hydrogen) atoms. The maximum atomic E-state index is 11.5. The summed E-state index contributed by atoms with van der Waals surface area (Å²) in [6.45, 7) is 5.19. The molecule has 2 N–H and O–H groups in total. The Morgan fingerprint density at radius 2 is 2.17 bits per heavy atom. The van der Waals surface area contributed by atoms with Crippen molar-refractivity contribution in [2.75, 3.05) is 24.6 Å². The lowest BCUT2D eigenvalue weighted by molar-refractivity contribution is 0.587. The fraction of sp³-hybridized carbons (Fsp3) is 0.562. The van der Waals surface area contributed by atoms with Crippen LogP contribution in [0.15, 0.2) is 23.2 Å². The summed E-state index contributed by atoms with van der Waals surface area (Å²) in [7, 11) is -2.87. The Morgan fingerprint density at radius 3 is 2.75 bits per heavy atom. The molecule has 0 aromatic heterocycles. The van der Waals surface area contributed by atoms with Crippen molar-refractivity contribution < 1.29 is 8.42 Å². The minimum absolute atomic E-state index is 0.0557. The molecular weight excluding hydrogens is 369 g/mol. The molecule has 1 aliphatic rings. The number of nitrogens with one attached hydrogen (secondary N) is 2. The lowest BCUT2D eigenvalue weighted by atomic mass is 10.1. The van der Waals surface area contributed by atoms with Crippen LogP contribution in [0.25, 0.3) is 0 Å². The molecule has 0 radical (unpaired) electrons. The first-order valence-corrected chi connectivity index (χ1v) is 10.6. The van der Waals surface area contributed by atoms with Gasteiger partial charge in [-0.15, -0.1) is 0 Å². The molecule has 1 heterocycles. The maximum absolute atomic E-state index is 11.5. The standard InChI is InChI=1S/C16H23Cl2N3O2S/c1-3-19-16(20-9-12-6-7-24(22,23)10-12)21-11(2)14-5-4-13(17)8-15(14)18/h4-5,8,11-12H,3,6-7,9-10H2,1-2H3,(H2,19,20,21). The number of nitrogens with zero attached hydrogens (tertiary/aromatic N) is 1. The van der Waals surface area contributed by atoms with Gasteiger partial charge in [-0.1, -0.05) is 29.3 Å². The Kier molecular flexibility index (Phi) is 6.78. The first-order chi connectivity index (χ1) is 11.3. The van der Waals surface area contributed by atoms with E-state index in [9.17, 15) is 8.42 Å². The average Bonchev–Trinajstić information content (AvgIpc) is 2.84. The minimum atomic E-state index is -2.87. The van der Waals surface area contributed by atoms with Crippen molar-refractivity contribution in [3.63, 3.8) is 0 Å². The minimum Gasteiger partial charge on any atom is -0.357 e. The van der Waals surface area contributed by atoms with Crippen molar-refractivity contribution >= 4 is 39.0 Å². The number of rotatable bonds is 5. The second-order valence-electron chi connectivity index (χ2n) is 6.02. The first-order valence-electron chi connectivity index (χ1n) is 8.01. The van der Waals surface area contributed by atoms with E-state index in [4.69, 9.17) is 23.2 Å². The van der Waals surface area contributed by atoms with Crippen LogP contribution in [0.2, 0.25) is 10.0 Å². The number of hydrogen-bond donors (Lipinski definition) is 2. The van der Waals surface area contributed by atoms with Gasteiger partial charge in [-0.05, 0) is 43.9 Å². The van der Waals surface area contributed by atoms with Gasteiger partial charge >= 0.3 is 0 Å². The summed E-state index contributed by atoms with van der Waals surface area (Å²) in [4.78, 5) is 4.53. The molecule has 0 amide bonds. The topological polar surface area (TPSA) is 70.6 Å². The number of halogens is 2. The second kappa shape index (κ2) is 8.41. The Labute approximate surface area is 153 Å². The SMILES string of the molecule is CCNC(=NCC1CCS(=O)(=O)C1)NC(C)c1ccc(Cl)cc1Cl. The number of sulfone groups is 1. The van der Waals surface area contributed by atoms with E-state index in [1.807, 2.05) is 19.9 Å². The predicted octanol–water partition coefficient (Wildman–Crippen LogP) is 3.04. The van der Waals surface area contributed by atoms with Gasteiger partial charge in [-0.3, -0.25) is 4.99 Å². The molecule has 1 aromatic rings. The van der Waals surface area contributed by atoms with Crippen molar-refractivity contribution in [1.82, 2.24) is 10.6 Å². The molecule has 1 aliphatic heterocycles. The summed E-state index contributed by atoms with van der Waals surface area (Å²) in [6, 6.07) is 5.34. The van der Waals surface area contributed by atoms with E-state index in [1.165, 1.54) is 0 Å². The van der Waals surface area contributed by atoms with Gasteiger partial charge in [-0.25, -0.2) is 8.42 Å². The van der Waals surface area contributed by atoms with E-state index in [0.717, 1.165) is 12.1 Å². The molecule has 2 unspecified atom stereocenters. The molecule has 5 nitrogen and oxygen atoms in total. The molecule has 134 valence electrons. The van der Waals surface area contributed by atoms with Gasteiger partial charge in [0, 0.05) is 23.1 Å². The summed E-state index contributed by atoms with van der Waals surface area (Å²) in [5, 5.41) is 7.67. The highest BCUT2D eigenvalue weighted by Gasteiger charge is 2.27. The van der Waals surface area contributed by atoms with E-state index in [2.05, 4.69) is 15.6 Å². The lowest BCUT2D eigenvalue weighted by Crippen LogP contribution is -2.39. The number of aliphatic imine (C=N–C) groups is 1. The molecule has 1 aromatic carbocycles. The zero-order valence-corrected chi connectivity index (χ0v) is 16.2. The Balaban J connectivity index is 2.03. The maximum Gasteiger partial charge on any atom is 0.191 e. The molecule has 0 bridgehead atoms. The number of benzene rings is 1. The van der Waals surface area contributed by atoms with Crippen LogP contribution in [-0.2, 0) is 9.84 Å². The highest BCUT2D eigenvalue weighted by Crippen LogP contribution is 2.26. The smallest absolute Gasteiger partial charge is 0.191 e. The summed E-state index contributed by atoms with van der Waals surface area (Å²) >= 11 is 12.2. The van der Waals surface area contributed by atoms with Crippen molar-refractivity contribution in [1.29, 1.82) is 0 Å². The largest absolute Gasteiger partial charge is 0.357 e. The summed E-state index contributed by atoms with van der Waals surface area (Å²) < 4.78 is 23.1. The lowest BCUT2D eigenvalue weighted by Gasteiger charge is -2.19. The second-order valence-corrected chi connectivity index (χ2v) is 9.09. The van der Waals surface area contributed by atoms with Crippen molar-refractivity contribution in [2.24, 2.45) is 10.9 Å². The summed E-state index contributed by atoms with van der Waals surface area (Å²) in [5.41, 5.74) is 0.926. The Bertz CT molecular complexity index is 707. The van der Waals surface area contributed by atoms with E-state index in [1.54, 1.807) is 12.1 Å². The zero-order valence-electron chi connectivity index (χ0n) is 13.9. The Morgan fingerprint density at radius 1 is 1.42 bits per heavy atom. The van der Waals surface area contributed by atoms with Crippen LogP contribution in [-0.4, -0.2) is 39.0 Å². The van der Waals surface area contributed by atoms with Crippen LogP contribution in [0.3, 0.4) is 0 Å². The molecule has 1 saturated heterocycles. The van der Waals surface area contributed by atoms with Crippen LogP contribution < -0.4 is 10.6 Å². The molecule has 0 spiro atoms. The highest BCUT2D eigenvalue weighted by atomic mass is 35.5. The molecule has 0 aliphatic carbocycles. The number of hydrogen-bond acceptors (Lipinski definition) is 3. The average molecular weight is 392 g/mol. The fourth-order valence-electron chi connectivity index (χ4n) is 2.69. The summed E-state index contributed by atoms with van der Waals surface area (Å²) in [5.74, 6) is 1.25. The van der Waals surface area contributed by atoms with Crippen molar-refractivity contribution in [3.8, 4) is 0 Å². The third-order valence-corrected chi connectivity index (χ3v) is 6.36. The third-order valence-electron chi connectivity index (χ3n) is 3.96. The molecule has 2 rings (SSSR count). The van der Waals surface area contributed by atoms with Crippen LogP contribution in [0.1, 0.15) is 31.9 Å². The van der Waals surface area contributed by atoms with Crippen LogP contribution in [0.5, 0.6) is 0 Å². The summed E-state index contributed by atoms with van der Waals surface area (Å²) in [6.07, 6.45) is 0.684.